The van der Waals surface area contributed by atoms with Crippen molar-refractivity contribution in [3.8, 4) is 0 Å². The molecule has 3 rings (SSSR count). The van der Waals surface area contributed by atoms with Crippen molar-refractivity contribution in [1.29, 1.82) is 0 Å². The van der Waals surface area contributed by atoms with Crippen molar-refractivity contribution in [2.75, 3.05) is 19.8 Å². The fourth-order valence-electron chi connectivity index (χ4n) is 3.25. The van der Waals surface area contributed by atoms with Gasteiger partial charge in [-0.05, 0) is 24.5 Å². The van der Waals surface area contributed by atoms with Crippen molar-refractivity contribution >= 4 is 0 Å². The molecule has 3 atom stereocenters. The van der Waals surface area contributed by atoms with Gasteiger partial charge in [-0.15, -0.1) is 0 Å². The lowest BCUT2D eigenvalue weighted by atomic mass is 10.0. The molecule has 1 N–H and O–H groups in total. The molecule has 0 radical (unpaired) electrons. The Hall–Kier alpha value is -0.970. The number of ether oxygens (including phenoxy) is 1. The summed E-state index contributed by atoms with van der Waals surface area (Å²) in [4.78, 5) is 6.66. The zero-order chi connectivity index (χ0) is 12.4. The molecule has 2 aliphatic rings. The van der Waals surface area contributed by atoms with Gasteiger partial charge in [-0.1, -0.05) is 6.07 Å². The Morgan fingerprint density at radius 2 is 2.39 bits per heavy atom. The molecule has 1 aliphatic heterocycles. The van der Waals surface area contributed by atoms with Crippen LogP contribution in [0.2, 0.25) is 0 Å². The predicted octanol–water partition coefficient (Wildman–Crippen LogP) is 1.05. The van der Waals surface area contributed by atoms with Gasteiger partial charge >= 0.3 is 0 Å². The number of morpholine rings is 1. The monoisotopic (exact) mass is 248 g/mol. The maximum atomic E-state index is 9.37. The van der Waals surface area contributed by atoms with Crippen LogP contribution >= 0.6 is 0 Å². The number of aromatic nitrogens is 1. The van der Waals surface area contributed by atoms with E-state index in [4.69, 9.17) is 4.74 Å². The second-order valence-corrected chi connectivity index (χ2v) is 5.25. The first-order chi connectivity index (χ1) is 8.88. The summed E-state index contributed by atoms with van der Waals surface area (Å²) in [7, 11) is 0. The van der Waals surface area contributed by atoms with Gasteiger partial charge in [0.25, 0.3) is 0 Å². The first-order valence-electron chi connectivity index (χ1n) is 6.74. The van der Waals surface area contributed by atoms with Crippen molar-refractivity contribution in [1.82, 2.24) is 9.88 Å². The van der Waals surface area contributed by atoms with Gasteiger partial charge in [0.2, 0.25) is 0 Å². The van der Waals surface area contributed by atoms with E-state index in [9.17, 15) is 5.11 Å². The lowest BCUT2D eigenvalue weighted by Gasteiger charge is -2.39. The van der Waals surface area contributed by atoms with E-state index in [1.165, 1.54) is 5.56 Å². The molecular formula is C14H20N2O2. The number of fused-ring (bicyclic) bond motifs is 1. The third-order valence-corrected chi connectivity index (χ3v) is 4.18. The van der Waals surface area contributed by atoms with Crippen LogP contribution < -0.4 is 0 Å². The molecule has 0 spiro atoms. The highest BCUT2D eigenvalue weighted by Gasteiger charge is 2.42. The van der Waals surface area contributed by atoms with Crippen LogP contribution in [0.1, 0.15) is 18.4 Å². The Morgan fingerprint density at radius 1 is 1.44 bits per heavy atom. The second kappa shape index (κ2) is 5.34. The lowest BCUT2D eigenvalue weighted by Crippen LogP contribution is -2.50. The number of aliphatic hydroxyl groups is 1. The summed E-state index contributed by atoms with van der Waals surface area (Å²) in [6.45, 7) is 2.95. The van der Waals surface area contributed by atoms with Gasteiger partial charge < -0.3 is 9.84 Å². The zero-order valence-electron chi connectivity index (χ0n) is 10.5. The van der Waals surface area contributed by atoms with Gasteiger partial charge in [-0.2, -0.15) is 0 Å². The van der Waals surface area contributed by atoms with Gasteiger partial charge in [0.1, 0.15) is 0 Å². The SMILES string of the molecule is OC[C@@H]1CC[C@@H]2[C@@H]1OCCN2Cc1cccnc1. The minimum Gasteiger partial charge on any atom is -0.396 e. The van der Waals surface area contributed by atoms with Gasteiger partial charge in [0.15, 0.2) is 0 Å². The van der Waals surface area contributed by atoms with Crippen LogP contribution in [0.25, 0.3) is 0 Å². The second-order valence-electron chi connectivity index (χ2n) is 5.25. The number of aliphatic hydroxyl groups excluding tert-OH is 1. The highest BCUT2D eigenvalue weighted by atomic mass is 16.5. The van der Waals surface area contributed by atoms with Crippen molar-refractivity contribution in [3.63, 3.8) is 0 Å². The molecular weight excluding hydrogens is 228 g/mol. The van der Waals surface area contributed by atoms with Crippen molar-refractivity contribution in [3.05, 3.63) is 30.1 Å². The minimum atomic E-state index is 0.223. The Labute approximate surface area is 108 Å². The van der Waals surface area contributed by atoms with Gasteiger partial charge in [-0.3, -0.25) is 9.88 Å². The number of hydrogen-bond donors (Lipinski definition) is 1. The molecule has 1 aromatic heterocycles. The maximum Gasteiger partial charge on any atom is 0.0780 e. The van der Waals surface area contributed by atoms with Crippen LogP contribution in [0.5, 0.6) is 0 Å². The molecule has 4 heteroatoms. The molecule has 18 heavy (non-hydrogen) atoms. The summed E-state index contributed by atoms with van der Waals surface area (Å²) in [6, 6.07) is 4.57. The minimum absolute atomic E-state index is 0.223. The normalized spacial score (nSPS) is 32.4. The van der Waals surface area contributed by atoms with E-state index >= 15 is 0 Å². The smallest absolute Gasteiger partial charge is 0.0780 e. The van der Waals surface area contributed by atoms with Crippen LogP contribution in [0.15, 0.2) is 24.5 Å². The number of nitrogens with zero attached hydrogens (tertiary/aromatic N) is 2. The van der Waals surface area contributed by atoms with Crippen molar-refractivity contribution in [2.45, 2.75) is 31.5 Å². The molecule has 1 aromatic rings. The fourth-order valence-corrected chi connectivity index (χ4v) is 3.25. The average Bonchev–Trinajstić information content (AvgIpc) is 2.84. The standard InChI is InChI=1S/C14H20N2O2/c17-10-12-3-4-13-14(12)18-7-6-16(13)9-11-2-1-5-15-8-11/h1-2,5,8,12-14,17H,3-4,6-7,9-10H2/t12-,13+,14+/m0/s1. The average molecular weight is 248 g/mol. The molecule has 0 amide bonds. The largest absolute Gasteiger partial charge is 0.396 e. The van der Waals surface area contributed by atoms with Gasteiger partial charge in [-0.25, -0.2) is 0 Å². The molecule has 0 bridgehead atoms. The van der Waals surface area contributed by atoms with Crippen LogP contribution in [0.3, 0.4) is 0 Å². The third-order valence-electron chi connectivity index (χ3n) is 4.18. The Kier molecular flexibility index (Phi) is 3.59. The highest BCUT2D eigenvalue weighted by Crippen LogP contribution is 2.34. The molecule has 4 nitrogen and oxygen atoms in total. The van der Waals surface area contributed by atoms with E-state index in [1.54, 1.807) is 0 Å². The molecule has 1 aliphatic carbocycles. The zero-order valence-corrected chi connectivity index (χ0v) is 10.5. The van der Waals surface area contributed by atoms with Crippen molar-refractivity contribution < 1.29 is 9.84 Å². The van der Waals surface area contributed by atoms with E-state index in [0.29, 0.717) is 12.0 Å². The molecule has 1 saturated heterocycles. The van der Waals surface area contributed by atoms with E-state index in [0.717, 1.165) is 32.5 Å². The van der Waals surface area contributed by atoms with E-state index in [-0.39, 0.29) is 12.7 Å². The van der Waals surface area contributed by atoms with Crippen LogP contribution in [0.4, 0.5) is 0 Å². The van der Waals surface area contributed by atoms with Gasteiger partial charge in [0.05, 0.1) is 12.7 Å². The van der Waals surface area contributed by atoms with Crippen LogP contribution in [0, 0.1) is 5.92 Å². The summed E-state index contributed by atoms with van der Waals surface area (Å²) < 4.78 is 5.86. The van der Waals surface area contributed by atoms with E-state index < -0.39 is 0 Å². The number of hydrogen-bond acceptors (Lipinski definition) is 4. The molecule has 0 aromatic carbocycles. The van der Waals surface area contributed by atoms with Crippen LogP contribution in [-0.2, 0) is 11.3 Å². The number of rotatable bonds is 3. The summed E-state index contributed by atoms with van der Waals surface area (Å²) in [5, 5.41) is 9.37. The summed E-state index contributed by atoms with van der Waals surface area (Å²) in [6.07, 6.45) is 6.18. The Balaban J connectivity index is 1.69. The lowest BCUT2D eigenvalue weighted by molar-refractivity contribution is -0.0830. The number of pyridine rings is 1. The molecule has 2 fully saturated rings. The summed E-state index contributed by atoms with van der Waals surface area (Å²) in [5.74, 6) is 0.326. The molecule has 98 valence electrons. The van der Waals surface area contributed by atoms with E-state index in [2.05, 4.69) is 16.0 Å². The molecule has 0 unspecified atom stereocenters. The molecule has 2 heterocycles. The van der Waals surface area contributed by atoms with E-state index in [1.807, 2.05) is 18.5 Å². The third kappa shape index (κ3) is 2.28. The Morgan fingerprint density at radius 3 is 3.17 bits per heavy atom. The fraction of sp³-hybridized carbons (Fsp3) is 0.643. The van der Waals surface area contributed by atoms with Crippen LogP contribution in [-0.4, -0.2) is 46.9 Å². The first kappa shape index (κ1) is 12.1. The topological polar surface area (TPSA) is 45.6 Å². The molecule has 1 saturated carbocycles. The Bertz CT molecular complexity index is 385. The maximum absolute atomic E-state index is 9.37. The first-order valence-corrected chi connectivity index (χ1v) is 6.74. The van der Waals surface area contributed by atoms with Gasteiger partial charge in [0, 0.05) is 44.0 Å². The summed E-state index contributed by atoms with van der Waals surface area (Å²) in [5.41, 5.74) is 1.26. The highest BCUT2D eigenvalue weighted by molar-refractivity contribution is 5.09. The predicted molar refractivity (Wildman–Crippen MR) is 68.0 cm³/mol. The van der Waals surface area contributed by atoms with Crippen molar-refractivity contribution in [2.24, 2.45) is 5.92 Å². The summed E-state index contributed by atoms with van der Waals surface area (Å²) >= 11 is 0. The quantitative estimate of drug-likeness (QED) is 0.868.